The number of hydrogen-bond donors (Lipinski definition) is 2. The van der Waals surface area contributed by atoms with Gasteiger partial charge in [-0.2, -0.15) is 0 Å². The highest BCUT2D eigenvalue weighted by Gasteiger charge is 2.27. The fourth-order valence-electron chi connectivity index (χ4n) is 4.18. The van der Waals surface area contributed by atoms with Crippen molar-refractivity contribution in [1.29, 1.82) is 0 Å². The molecule has 1 aliphatic heterocycles. The lowest BCUT2D eigenvalue weighted by atomic mass is 9.90. The second kappa shape index (κ2) is 7.97. The van der Waals surface area contributed by atoms with Crippen molar-refractivity contribution in [3.63, 3.8) is 0 Å². The van der Waals surface area contributed by atoms with Crippen LogP contribution in [0.2, 0.25) is 0 Å². The number of amides is 1. The summed E-state index contributed by atoms with van der Waals surface area (Å²) in [7, 11) is 0. The Bertz CT molecular complexity index is 896. The summed E-state index contributed by atoms with van der Waals surface area (Å²) in [5.41, 5.74) is 3.75. The number of benzene rings is 2. The molecule has 0 aliphatic carbocycles. The highest BCUT2D eigenvalue weighted by molar-refractivity contribution is 5.84. The van der Waals surface area contributed by atoms with Crippen molar-refractivity contribution in [2.45, 2.75) is 31.7 Å². The van der Waals surface area contributed by atoms with Crippen molar-refractivity contribution in [3.05, 3.63) is 71.9 Å². The van der Waals surface area contributed by atoms with Gasteiger partial charge in [0, 0.05) is 30.2 Å². The number of carbonyl (C=O) groups is 1. The predicted molar refractivity (Wildman–Crippen MR) is 109 cm³/mol. The van der Waals surface area contributed by atoms with Gasteiger partial charge in [-0.15, -0.1) is 0 Å². The Morgan fingerprint density at radius 2 is 1.78 bits per heavy atom. The maximum atomic E-state index is 12.7. The van der Waals surface area contributed by atoms with Crippen LogP contribution >= 0.6 is 0 Å². The molecule has 0 unspecified atom stereocenters. The molecule has 4 rings (SSSR count). The van der Waals surface area contributed by atoms with Gasteiger partial charge in [-0.3, -0.25) is 4.79 Å². The molecule has 3 N–H and O–H groups in total. The van der Waals surface area contributed by atoms with E-state index in [-0.39, 0.29) is 17.9 Å². The van der Waals surface area contributed by atoms with Gasteiger partial charge in [-0.05, 0) is 37.0 Å². The predicted octanol–water partition coefficient (Wildman–Crippen LogP) is 2.87. The van der Waals surface area contributed by atoms with Crippen LogP contribution in [0.3, 0.4) is 0 Å². The number of nitrogens with two attached hydrogens (primary N) is 1. The van der Waals surface area contributed by atoms with E-state index in [0.717, 1.165) is 38.0 Å². The van der Waals surface area contributed by atoms with Crippen LogP contribution in [0.1, 0.15) is 36.8 Å². The van der Waals surface area contributed by atoms with E-state index >= 15 is 0 Å². The van der Waals surface area contributed by atoms with Gasteiger partial charge in [-0.1, -0.05) is 48.5 Å². The lowest BCUT2D eigenvalue weighted by molar-refractivity contribution is -0.675. The number of para-hydroxylation sites is 1. The van der Waals surface area contributed by atoms with Gasteiger partial charge in [0.25, 0.3) is 5.91 Å². The standard InChI is InChI=1S/C23H27N3O/c1-17(23(27)26-13-7-8-14-26)24-15-20(18-9-3-2-4-10-18)21-16-25-22-12-6-5-11-19(21)22/h2-6,9-12,16-17,20,24-25H,7-8,13-15H2,1H3/p+1/t17-,20+/m0/s1. The minimum absolute atomic E-state index is 0.0421. The summed E-state index contributed by atoms with van der Waals surface area (Å²) in [5, 5.41) is 3.47. The Morgan fingerprint density at radius 1 is 1.07 bits per heavy atom. The molecule has 0 radical (unpaired) electrons. The first kappa shape index (κ1) is 17.8. The largest absolute Gasteiger partial charge is 0.361 e. The summed E-state index contributed by atoms with van der Waals surface area (Å²) >= 11 is 0. The third kappa shape index (κ3) is 3.76. The van der Waals surface area contributed by atoms with Crippen LogP contribution in [0.4, 0.5) is 0 Å². The molecule has 1 amide bonds. The van der Waals surface area contributed by atoms with Crippen LogP contribution < -0.4 is 5.32 Å². The summed E-state index contributed by atoms with van der Waals surface area (Å²) in [6.45, 7) is 4.73. The topological polar surface area (TPSA) is 52.7 Å². The molecule has 2 aromatic carbocycles. The highest BCUT2D eigenvalue weighted by Crippen LogP contribution is 2.29. The quantitative estimate of drug-likeness (QED) is 0.696. The summed E-state index contributed by atoms with van der Waals surface area (Å²) in [5.74, 6) is 0.523. The minimum Gasteiger partial charge on any atom is -0.361 e. The average Bonchev–Trinajstić information content (AvgIpc) is 3.39. The first-order valence-corrected chi connectivity index (χ1v) is 9.97. The minimum atomic E-state index is -0.0421. The van der Waals surface area contributed by atoms with Crippen LogP contribution in [0.5, 0.6) is 0 Å². The van der Waals surface area contributed by atoms with Crippen molar-refractivity contribution >= 4 is 16.8 Å². The maximum Gasteiger partial charge on any atom is 0.280 e. The second-order valence-electron chi connectivity index (χ2n) is 7.55. The molecular formula is C23H28N3O+. The molecule has 2 heterocycles. The summed E-state index contributed by atoms with van der Waals surface area (Å²) in [6, 6.07) is 19.0. The molecule has 1 saturated heterocycles. The first-order chi connectivity index (χ1) is 13.2. The monoisotopic (exact) mass is 362 g/mol. The van der Waals surface area contributed by atoms with Crippen LogP contribution in [-0.4, -0.2) is 41.5 Å². The number of likely N-dealkylation sites (tertiary alicyclic amines) is 1. The van der Waals surface area contributed by atoms with Crippen molar-refractivity contribution in [3.8, 4) is 0 Å². The van der Waals surface area contributed by atoms with Gasteiger partial charge < -0.3 is 15.2 Å². The molecule has 4 nitrogen and oxygen atoms in total. The summed E-state index contributed by atoms with van der Waals surface area (Å²) in [4.78, 5) is 18.1. The lowest BCUT2D eigenvalue weighted by Crippen LogP contribution is -2.92. The first-order valence-electron chi connectivity index (χ1n) is 9.97. The van der Waals surface area contributed by atoms with E-state index in [2.05, 4.69) is 71.1 Å². The molecule has 3 aromatic rings. The van der Waals surface area contributed by atoms with E-state index in [1.165, 1.54) is 16.5 Å². The average molecular weight is 362 g/mol. The van der Waals surface area contributed by atoms with E-state index in [0.29, 0.717) is 0 Å². The number of quaternary nitrogens is 1. The van der Waals surface area contributed by atoms with Gasteiger partial charge in [0.15, 0.2) is 6.04 Å². The summed E-state index contributed by atoms with van der Waals surface area (Å²) in [6.07, 6.45) is 4.41. The molecule has 0 spiro atoms. The second-order valence-corrected chi connectivity index (χ2v) is 7.55. The van der Waals surface area contributed by atoms with Crippen molar-refractivity contribution in [2.24, 2.45) is 0 Å². The van der Waals surface area contributed by atoms with Gasteiger partial charge in [0.2, 0.25) is 0 Å². The number of aromatic nitrogens is 1. The molecule has 2 atom stereocenters. The van der Waals surface area contributed by atoms with Crippen LogP contribution in [-0.2, 0) is 4.79 Å². The lowest BCUT2D eigenvalue weighted by Gasteiger charge is -2.22. The van der Waals surface area contributed by atoms with Crippen molar-refractivity contribution in [2.75, 3.05) is 19.6 Å². The van der Waals surface area contributed by atoms with Crippen LogP contribution in [0, 0.1) is 0 Å². The van der Waals surface area contributed by atoms with E-state index in [1.54, 1.807) is 0 Å². The Kier molecular flexibility index (Phi) is 5.26. The SMILES string of the molecule is C[C@H]([NH2+]C[C@H](c1ccccc1)c1c[nH]c2ccccc12)C(=O)N1CCCC1. The Labute approximate surface area is 160 Å². The number of nitrogens with zero attached hydrogens (tertiary/aromatic N) is 1. The van der Waals surface area contributed by atoms with Crippen molar-refractivity contribution in [1.82, 2.24) is 9.88 Å². The number of hydrogen-bond acceptors (Lipinski definition) is 1. The number of H-pyrrole nitrogens is 1. The molecule has 140 valence electrons. The number of aromatic amines is 1. The normalized spacial score (nSPS) is 16.6. The Morgan fingerprint density at radius 3 is 2.56 bits per heavy atom. The third-order valence-corrected chi connectivity index (χ3v) is 5.73. The molecule has 0 saturated carbocycles. The van der Waals surface area contributed by atoms with E-state index in [4.69, 9.17) is 0 Å². The fourth-order valence-corrected chi connectivity index (χ4v) is 4.18. The van der Waals surface area contributed by atoms with Crippen LogP contribution in [0.25, 0.3) is 10.9 Å². The molecule has 1 aliphatic rings. The zero-order valence-electron chi connectivity index (χ0n) is 15.9. The van der Waals surface area contributed by atoms with Gasteiger partial charge >= 0.3 is 0 Å². The van der Waals surface area contributed by atoms with E-state index < -0.39 is 0 Å². The number of carbonyl (C=O) groups excluding carboxylic acids is 1. The molecule has 1 fully saturated rings. The smallest absolute Gasteiger partial charge is 0.280 e. The zero-order valence-corrected chi connectivity index (χ0v) is 15.9. The zero-order chi connectivity index (χ0) is 18.6. The Balaban J connectivity index is 1.57. The number of rotatable bonds is 6. The third-order valence-electron chi connectivity index (χ3n) is 5.73. The van der Waals surface area contributed by atoms with Crippen molar-refractivity contribution < 1.29 is 10.1 Å². The number of fused-ring (bicyclic) bond motifs is 1. The van der Waals surface area contributed by atoms with Gasteiger partial charge in [0.1, 0.15) is 0 Å². The highest BCUT2D eigenvalue weighted by atomic mass is 16.2. The summed E-state index contributed by atoms with van der Waals surface area (Å²) < 4.78 is 0. The Hall–Kier alpha value is -2.59. The van der Waals surface area contributed by atoms with E-state index in [1.807, 2.05) is 11.8 Å². The molecule has 27 heavy (non-hydrogen) atoms. The number of nitrogens with one attached hydrogen (secondary N) is 1. The molecular weight excluding hydrogens is 334 g/mol. The molecule has 1 aromatic heterocycles. The van der Waals surface area contributed by atoms with Gasteiger partial charge in [0.05, 0.1) is 12.5 Å². The van der Waals surface area contributed by atoms with E-state index in [9.17, 15) is 4.79 Å². The fraction of sp³-hybridized carbons (Fsp3) is 0.348. The molecule has 4 heteroatoms. The molecule has 0 bridgehead atoms. The maximum absolute atomic E-state index is 12.7. The van der Waals surface area contributed by atoms with Crippen LogP contribution in [0.15, 0.2) is 60.8 Å². The van der Waals surface area contributed by atoms with Gasteiger partial charge in [-0.25, -0.2) is 0 Å².